The molecule has 2 aromatic rings. The van der Waals surface area contributed by atoms with Gasteiger partial charge in [-0.15, -0.1) is 0 Å². The Bertz CT molecular complexity index is 1000. The number of halogens is 6. The maximum atomic E-state index is 12.7. The van der Waals surface area contributed by atoms with Crippen LogP contribution in [0.1, 0.15) is 31.6 Å². The largest absolute Gasteiger partial charge is 0.434 e. The summed E-state index contributed by atoms with van der Waals surface area (Å²) < 4.78 is 87.3. The summed E-state index contributed by atoms with van der Waals surface area (Å²) in [5, 5.41) is 4.25. The molecule has 0 saturated carbocycles. The summed E-state index contributed by atoms with van der Waals surface area (Å²) in [6.07, 6.45) is -14.0. The number of carbonyl (C=O) groups excluding carboxylic acids is 1. The summed E-state index contributed by atoms with van der Waals surface area (Å²) in [4.78, 5) is 19.1. The molecular weight excluding hydrogens is 460 g/mol. The highest BCUT2D eigenvalue weighted by molar-refractivity contribution is 5.68. The molecule has 0 aliphatic carbocycles. The van der Waals surface area contributed by atoms with Gasteiger partial charge in [-0.3, -0.25) is 4.90 Å². The lowest BCUT2D eigenvalue weighted by Crippen LogP contribution is -2.55. The number of carbonyl (C=O) groups is 1. The van der Waals surface area contributed by atoms with Crippen LogP contribution in [0, 0.1) is 0 Å². The van der Waals surface area contributed by atoms with E-state index in [9.17, 15) is 31.1 Å². The fourth-order valence-electron chi connectivity index (χ4n) is 3.98. The zero-order chi connectivity index (χ0) is 24.2. The Balaban J connectivity index is 1.36. The van der Waals surface area contributed by atoms with Crippen LogP contribution >= 0.6 is 0 Å². The van der Waals surface area contributed by atoms with Gasteiger partial charge in [-0.05, 0) is 38.9 Å². The van der Waals surface area contributed by atoms with Crippen molar-refractivity contribution >= 4 is 11.7 Å². The van der Waals surface area contributed by atoms with E-state index in [0.29, 0.717) is 18.5 Å². The average molecular weight is 481 g/mol. The second-order valence-corrected chi connectivity index (χ2v) is 8.37. The molecule has 2 aliphatic rings. The summed E-state index contributed by atoms with van der Waals surface area (Å²) in [5.74, 6) is 0. The van der Waals surface area contributed by atoms with E-state index in [4.69, 9.17) is 4.74 Å². The quantitative estimate of drug-likeness (QED) is 0.491. The normalized spacial score (nSPS) is 23.4. The molecule has 0 N–H and O–H groups in total. The minimum Gasteiger partial charge on any atom is -0.426 e. The summed E-state index contributed by atoms with van der Waals surface area (Å²) in [6, 6.07) is 3.56. The Hall–Kier alpha value is -2.61. The first-order chi connectivity index (χ1) is 15.3. The third kappa shape index (κ3) is 4.58. The molecule has 0 spiro atoms. The van der Waals surface area contributed by atoms with Gasteiger partial charge in [-0.25, -0.2) is 14.3 Å². The fourth-order valence-corrected chi connectivity index (χ4v) is 3.98. The maximum Gasteiger partial charge on any atom is 0.434 e. The van der Waals surface area contributed by atoms with Crippen molar-refractivity contribution in [1.29, 1.82) is 0 Å². The molecule has 2 aromatic heterocycles. The van der Waals surface area contributed by atoms with Gasteiger partial charge in [0.1, 0.15) is 12.3 Å². The summed E-state index contributed by atoms with van der Waals surface area (Å²) in [7, 11) is 1.82. The van der Waals surface area contributed by atoms with Crippen LogP contribution in [0.2, 0.25) is 0 Å². The van der Waals surface area contributed by atoms with E-state index >= 15 is 0 Å². The van der Waals surface area contributed by atoms with Crippen LogP contribution in [0.4, 0.5) is 31.1 Å². The van der Waals surface area contributed by atoms with Crippen molar-refractivity contribution in [2.24, 2.45) is 0 Å². The minimum atomic E-state index is -5.75. The van der Waals surface area contributed by atoms with Gasteiger partial charge in [-0.2, -0.15) is 31.4 Å². The van der Waals surface area contributed by atoms with E-state index in [2.05, 4.69) is 14.8 Å². The molecule has 33 heavy (non-hydrogen) atoms. The number of nitrogens with zero attached hydrogens (tertiary/aromatic N) is 5. The molecule has 2 unspecified atom stereocenters. The lowest BCUT2D eigenvalue weighted by atomic mass is 9.88. The lowest BCUT2D eigenvalue weighted by Gasteiger charge is -2.44. The number of likely N-dealkylation sites (N-methyl/N-ethyl adjacent to an activating group) is 1. The maximum absolute atomic E-state index is 12.7. The monoisotopic (exact) mass is 481 g/mol. The number of alkyl halides is 6. The minimum absolute atomic E-state index is 0.0589. The standard InChI is InChI=1S/C19H21F6N5O3/c1-17(28(2)14-13(32-14)11-10-26-12-4-3-7-27-30(11)12)5-8-29(9-6-17)16(31)33-15(18(20,21)22)19(23,24)25/h3-4,7,10,13-15H,5-6,8-9H2,1-2H3. The first kappa shape index (κ1) is 23.5. The second kappa shape index (κ2) is 8.01. The Morgan fingerprint density at radius 3 is 2.48 bits per heavy atom. The third-order valence-electron chi connectivity index (χ3n) is 6.21. The van der Waals surface area contributed by atoms with Crippen molar-refractivity contribution in [2.75, 3.05) is 20.1 Å². The molecule has 14 heteroatoms. The van der Waals surface area contributed by atoms with Crippen LogP contribution in [0.15, 0.2) is 24.5 Å². The third-order valence-corrected chi connectivity index (χ3v) is 6.21. The van der Waals surface area contributed by atoms with Crippen LogP contribution in [0.5, 0.6) is 0 Å². The highest BCUT2D eigenvalue weighted by Crippen LogP contribution is 2.45. The van der Waals surface area contributed by atoms with Crippen molar-refractivity contribution in [3.8, 4) is 0 Å². The SMILES string of the molecule is CN(C1OC1c1cnc2cccnn12)C1(C)CCN(C(=O)OC(C(F)(F)F)C(F)(F)F)CC1. The fraction of sp³-hybridized carbons (Fsp3) is 0.632. The number of imidazole rings is 1. The molecule has 4 rings (SSSR count). The molecule has 2 aliphatic heterocycles. The Morgan fingerprint density at radius 2 is 1.88 bits per heavy atom. The van der Waals surface area contributed by atoms with Gasteiger partial charge < -0.3 is 14.4 Å². The number of epoxide rings is 1. The van der Waals surface area contributed by atoms with Gasteiger partial charge >= 0.3 is 18.4 Å². The van der Waals surface area contributed by atoms with Crippen LogP contribution in [-0.4, -0.2) is 80.9 Å². The van der Waals surface area contributed by atoms with Crippen LogP contribution in [-0.2, 0) is 9.47 Å². The topological polar surface area (TPSA) is 75.5 Å². The Morgan fingerprint density at radius 1 is 1.24 bits per heavy atom. The summed E-state index contributed by atoms with van der Waals surface area (Å²) >= 11 is 0. The number of hydrogen-bond donors (Lipinski definition) is 0. The molecule has 1 amide bonds. The van der Waals surface area contributed by atoms with Crippen molar-refractivity contribution in [3.05, 3.63) is 30.2 Å². The zero-order valence-corrected chi connectivity index (χ0v) is 17.6. The number of ether oxygens (including phenoxy) is 2. The Labute approximate surface area is 184 Å². The smallest absolute Gasteiger partial charge is 0.426 e. The van der Waals surface area contributed by atoms with Gasteiger partial charge in [0.15, 0.2) is 5.65 Å². The molecule has 8 nitrogen and oxygen atoms in total. The summed E-state index contributed by atoms with van der Waals surface area (Å²) in [6.45, 7) is 1.78. The van der Waals surface area contributed by atoms with Gasteiger partial charge in [-0.1, -0.05) is 0 Å². The van der Waals surface area contributed by atoms with Crippen LogP contribution in [0.25, 0.3) is 5.65 Å². The van der Waals surface area contributed by atoms with Crippen LogP contribution < -0.4 is 0 Å². The summed E-state index contributed by atoms with van der Waals surface area (Å²) in [5.41, 5.74) is 0.924. The van der Waals surface area contributed by atoms with Crippen molar-refractivity contribution < 1.29 is 40.6 Å². The van der Waals surface area contributed by atoms with E-state index in [1.54, 1.807) is 29.0 Å². The molecule has 0 radical (unpaired) electrons. The number of aromatic nitrogens is 3. The number of piperidine rings is 1. The van der Waals surface area contributed by atoms with Gasteiger partial charge in [0.25, 0.3) is 6.10 Å². The predicted molar refractivity (Wildman–Crippen MR) is 100.0 cm³/mol. The molecule has 2 fully saturated rings. The first-order valence-electron chi connectivity index (χ1n) is 10.1. The van der Waals surface area contributed by atoms with E-state index in [1.807, 2.05) is 18.9 Å². The molecule has 0 bridgehead atoms. The van der Waals surface area contributed by atoms with Gasteiger partial charge in [0.2, 0.25) is 0 Å². The van der Waals surface area contributed by atoms with Crippen molar-refractivity contribution in [3.63, 3.8) is 0 Å². The number of fused-ring (bicyclic) bond motifs is 1. The average Bonchev–Trinajstić information content (AvgIpc) is 3.40. The number of hydrogen-bond acceptors (Lipinski definition) is 6. The number of likely N-dealkylation sites (tertiary alicyclic amines) is 1. The first-order valence-corrected chi connectivity index (χ1v) is 10.1. The van der Waals surface area contributed by atoms with E-state index in [-0.39, 0.29) is 25.4 Å². The molecular formula is C19H21F6N5O3. The molecule has 182 valence electrons. The lowest BCUT2D eigenvalue weighted by molar-refractivity contribution is -0.308. The number of amides is 1. The molecule has 0 aromatic carbocycles. The Kier molecular flexibility index (Phi) is 5.71. The van der Waals surface area contributed by atoms with Crippen LogP contribution in [0.3, 0.4) is 0 Å². The van der Waals surface area contributed by atoms with Crippen molar-refractivity contribution in [2.45, 2.75) is 56.1 Å². The molecule has 4 heterocycles. The van der Waals surface area contributed by atoms with E-state index in [0.717, 1.165) is 10.6 Å². The highest BCUT2D eigenvalue weighted by atomic mass is 19.4. The molecule has 2 atom stereocenters. The van der Waals surface area contributed by atoms with Gasteiger partial charge in [0.05, 0.1) is 11.9 Å². The highest BCUT2D eigenvalue weighted by Gasteiger charge is 2.60. The molecule has 2 saturated heterocycles. The second-order valence-electron chi connectivity index (χ2n) is 8.37. The predicted octanol–water partition coefficient (Wildman–Crippen LogP) is 3.54. The zero-order valence-electron chi connectivity index (χ0n) is 17.6. The van der Waals surface area contributed by atoms with E-state index < -0.39 is 30.1 Å². The van der Waals surface area contributed by atoms with Crippen molar-refractivity contribution in [1.82, 2.24) is 24.4 Å². The van der Waals surface area contributed by atoms with E-state index in [1.165, 1.54) is 0 Å². The van der Waals surface area contributed by atoms with Gasteiger partial charge in [0, 0.05) is 24.8 Å². The number of rotatable bonds is 4.